The number of hydrogen-bond acceptors (Lipinski definition) is 4. The number of amides is 1. The number of carbonyl (C=O) groups is 2. The van der Waals surface area contributed by atoms with Crippen LogP contribution in [0, 0.1) is 0 Å². The molecule has 1 amide bonds. The zero-order valence-corrected chi connectivity index (χ0v) is 12.1. The van der Waals surface area contributed by atoms with E-state index in [1.807, 2.05) is 35.2 Å². The minimum atomic E-state index is -0.838. The molecule has 1 unspecified atom stereocenters. The van der Waals surface area contributed by atoms with Crippen molar-refractivity contribution >= 4 is 12.1 Å². The van der Waals surface area contributed by atoms with Crippen molar-refractivity contribution in [2.75, 3.05) is 26.2 Å². The van der Waals surface area contributed by atoms with Crippen molar-refractivity contribution in [3.63, 3.8) is 0 Å². The minimum absolute atomic E-state index is 0.255. The second kappa shape index (κ2) is 7.08. The van der Waals surface area contributed by atoms with Crippen LogP contribution in [0.1, 0.15) is 12.5 Å². The normalized spacial score (nSPS) is 17.3. The van der Waals surface area contributed by atoms with Gasteiger partial charge in [0.1, 0.15) is 12.6 Å². The van der Waals surface area contributed by atoms with Gasteiger partial charge in [-0.1, -0.05) is 30.3 Å². The van der Waals surface area contributed by atoms with Crippen LogP contribution in [-0.4, -0.2) is 59.2 Å². The highest BCUT2D eigenvalue weighted by molar-refractivity contribution is 5.73. The zero-order chi connectivity index (χ0) is 15.2. The molecule has 0 saturated carbocycles. The molecule has 1 N–H and O–H groups in total. The second-order valence-corrected chi connectivity index (χ2v) is 5.08. The lowest BCUT2D eigenvalue weighted by Gasteiger charge is -2.35. The van der Waals surface area contributed by atoms with Crippen molar-refractivity contribution in [3.8, 4) is 0 Å². The van der Waals surface area contributed by atoms with Crippen LogP contribution in [0.4, 0.5) is 4.79 Å². The highest BCUT2D eigenvalue weighted by Crippen LogP contribution is 2.09. The van der Waals surface area contributed by atoms with E-state index >= 15 is 0 Å². The molecule has 1 aromatic rings. The van der Waals surface area contributed by atoms with E-state index in [-0.39, 0.29) is 12.7 Å². The first-order valence-electron chi connectivity index (χ1n) is 7.00. The van der Waals surface area contributed by atoms with Gasteiger partial charge in [0, 0.05) is 26.2 Å². The summed E-state index contributed by atoms with van der Waals surface area (Å²) in [5, 5.41) is 8.97. The number of carboxylic acid groups (broad SMARTS) is 1. The maximum Gasteiger partial charge on any atom is 0.410 e. The molecule has 0 aliphatic carbocycles. The summed E-state index contributed by atoms with van der Waals surface area (Å²) in [6.07, 6.45) is -0.346. The SMILES string of the molecule is CC(C(=O)O)N1CCN(C(=O)OCc2ccccc2)CC1. The van der Waals surface area contributed by atoms with Gasteiger partial charge in [0.25, 0.3) is 0 Å². The topological polar surface area (TPSA) is 70.1 Å². The molecule has 1 aromatic carbocycles. The molecule has 6 nitrogen and oxygen atoms in total. The summed E-state index contributed by atoms with van der Waals surface area (Å²) in [5.74, 6) is -0.838. The predicted octanol–water partition coefficient (Wildman–Crippen LogP) is 1.41. The molecule has 1 saturated heterocycles. The average Bonchev–Trinajstić information content (AvgIpc) is 2.53. The van der Waals surface area contributed by atoms with Gasteiger partial charge in [0.2, 0.25) is 0 Å². The maximum absolute atomic E-state index is 12.0. The molecule has 0 aromatic heterocycles. The molecule has 0 bridgehead atoms. The van der Waals surface area contributed by atoms with Gasteiger partial charge in [-0.05, 0) is 12.5 Å². The fourth-order valence-electron chi connectivity index (χ4n) is 2.26. The van der Waals surface area contributed by atoms with Crippen molar-refractivity contribution in [3.05, 3.63) is 35.9 Å². The number of ether oxygens (including phenoxy) is 1. The molecular weight excluding hydrogens is 272 g/mol. The fraction of sp³-hybridized carbons (Fsp3) is 0.467. The van der Waals surface area contributed by atoms with E-state index in [1.54, 1.807) is 11.8 Å². The highest BCUT2D eigenvalue weighted by atomic mass is 16.6. The van der Waals surface area contributed by atoms with Crippen molar-refractivity contribution in [2.45, 2.75) is 19.6 Å². The molecule has 1 fully saturated rings. The Bertz CT molecular complexity index is 484. The largest absolute Gasteiger partial charge is 0.480 e. The lowest BCUT2D eigenvalue weighted by atomic mass is 10.2. The Morgan fingerprint density at radius 1 is 1.19 bits per heavy atom. The lowest BCUT2D eigenvalue weighted by molar-refractivity contribution is -0.143. The Labute approximate surface area is 123 Å². The van der Waals surface area contributed by atoms with Crippen LogP contribution in [0.5, 0.6) is 0 Å². The monoisotopic (exact) mass is 292 g/mol. The Balaban J connectivity index is 1.77. The van der Waals surface area contributed by atoms with Crippen LogP contribution in [0.15, 0.2) is 30.3 Å². The van der Waals surface area contributed by atoms with Crippen molar-refractivity contribution < 1.29 is 19.4 Å². The first-order chi connectivity index (χ1) is 10.1. The Morgan fingerprint density at radius 2 is 1.81 bits per heavy atom. The Morgan fingerprint density at radius 3 is 2.38 bits per heavy atom. The first kappa shape index (κ1) is 15.3. The summed E-state index contributed by atoms with van der Waals surface area (Å²) >= 11 is 0. The van der Waals surface area contributed by atoms with Gasteiger partial charge in [-0.3, -0.25) is 9.69 Å². The predicted molar refractivity (Wildman–Crippen MR) is 76.9 cm³/mol. The molecule has 114 valence electrons. The Hall–Kier alpha value is -2.08. The van der Waals surface area contributed by atoms with E-state index in [0.29, 0.717) is 26.2 Å². The van der Waals surface area contributed by atoms with Gasteiger partial charge >= 0.3 is 12.1 Å². The van der Waals surface area contributed by atoms with Crippen LogP contribution < -0.4 is 0 Å². The second-order valence-electron chi connectivity index (χ2n) is 5.08. The van der Waals surface area contributed by atoms with Gasteiger partial charge in [-0.15, -0.1) is 0 Å². The van der Waals surface area contributed by atoms with Gasteiger partial charge in [0.05, 0.1) is 0 Å². The van der Waals surface area contributed by atoms with Crippen molar-refractivity contribution in [1.29, 1.82) is 0 Å². The van der Waals surface area contributed by atoms with E-state index in [4.69, 9.17) is 9.84 Å². The van der Waals surface area contributed by atoms with Crippen molar-refractivity contribution in [1.82, 2.24) is 9.80 Å². The third-order valence-electron chi connectivity index (χ3n) is 3.68. The molecular formula is C15H20N2O4. The molecule has 6 heteroatoms. The molecule has 1 heterocycles. The van der Waals surface area contributed by atoms with E-state index in [1.165, 1.54) is 0 Å². The van der Waals surface area contributed by atoms with Crippen molar-refractivity contribution in [2.24, 2.45) is 0 Å². The van der Waals surface area contributed by atoms with Gasteiger partial charge in [-0.2, -0.15) is 0 Å². The molecule has 0 spiro atoms. The summed E-state index contributed by atoms with van der Waals surface area (Å²) in [6.45, 7) is 4.00. The third kappa shape index (κ3) is 4.19. The maximum atomic E-state index is 12.0. The van der Waals surface area contributed by atoms with Gasteiger partial charge in [-0.25, -0.2) is 4.79 Å². The summed E-state index contributed by atoms with van der Waals surface area (Å²) in [6, 6.07) is 8.99. The number of hydrogen-bond donors (Lipinski definition) is 1. The molecule has 1 atom stereocenters. The molecule has 1 aliphatic rings. The fourth-order valence-corrected chi connectivity index (χ4v) is 2.26. The summed E-state index contributed by atoms with van der Waals surface area (Å²) in [5.41, 5.74) is 0.948. The standard InChI is InChI=1S/C15H20N2O4/c1-12(14(18)19)16-7-9-17(10-8-16)15(20)21-11-13-5-3-2-4-6-13/h2-6,12H,7-11H2,1H3,(H,18,19). The molecule has 1 aliphatic heterocycles. The third-order valence-corrected chi connectivity index (χ3v) is 3.68. The van der Waals surface area contributed by atoms with Gasteiger partial charge < -0.3 is 14.7 Å². The number of nitrogens with zero attached hydrogens (tertiary/aromatic N) is 2. The van der Waals surface area contributed by atoms with E-state index in [2.05, 4.69) is 0 Å². The van der Waals surface area contributed by atoms with Crippen LogP contribution >= 0.6 is 0 Å². The number of piperazine rings is 1. The van der Waals surface area contributed by atoms with Gasteiger partial charge in [0.15, 0.2) is 0 Å². The molecule has 2 rings (SSSR count). The number of carboxylic acids is 1. The zero-order valence-electron chi connectivity index (χ0n) is 12.1. The smallest absolute Gasteiger partial charge is 0.410 e. The quantitative estimate of drug-likeness (QED) is 0.908. The first-order valence-corrected chi connectivity index (χ1v) is 7.00. The minimum Gasteiger partial charge on any atom is -0.480 e. The van der Waals surface area contributed by atoms with Crippen LogP contribution in [0.2, 0.25) is 0 Å². The average molecular weight is 292 g/mol. The van der Waals surface area contributed by atoms with Crippen LogP contribution in [-0.2, 0) is 16.1 Å². The summed E-state index contributed by atoms with van der Waals surface area (Å²) in [4.78, 5) is 26.3. The number of carbonyl (C=O) groups excluding carboxylic acids is 1. The summed E-state index contributed by atoms with van der Waals surface area (Å²) < 4.78 is 5.26. The number of aliphatic carboxylic acids is 1. The van der Waals surface area contributed by atoms with E-state index in [9.17, 15) is 9.59 Å². The highest BCUT2D eigenvalue weighted by Gasteiger charge is 2.27. The Kier molecular flexibility index (Phi) is 5.16. The van der Waals surface area contributed by atoms with E-state index in [0.717, 1.165) is 5.56 Å². The van der Waals surface area contributed by atoms with Crippen LogP contribution in [0.3, 0.4) is 0 Å². The number of benzene rings is 1. The molecule has 0 radical (unpaired) electrons. The molecule has 21 heavy (non-hydrogen) atoms. The van der Waals surface area contributed by atoms with Crippen LogP contribution in [0.25, 0.3) is 0 Å². The summed E-state index contributed by atoms with van der Waals surface area (Å²) in [7, 11) is 0. The van der Waals surface area contributed by atoms with E-state index < -0.39 is 12.0 Å². The number of rotatable bonds is 4. The lowest BCUT2D eigenvalue weighted by Crippen LogP contribution is -2.53.